The highest BCUT2D eigenvalue weighted by atomic mass is 19.4. The van der Waals surface area contributed by atoms with Crippen LogP contribution in [-0.2, 0) is 12.4 Å². The molecule has 0 aliphatic carbocycles. The molecule has 0 atom stereocenters. The van der Waals surface area contributed by atoms with Crippen molar-refractivity contribution < 1.29 is 26.3 Å². The summed E-state index contributed by atoms with van der Waals surface area (Å²) in [7, 11) is 0. The Morgan fingerprint density at radius 3 is 1.67 bits per heavy atom. The number of aromatic nitrogens is 3. The van der Waals surface area contributed by atoms with E-state index < -0.39 is 23.5 Å². The molecule has 114 valence electrons. The van der Waals surface area contributed by atoms with Gasteiger partial charge in [-0.25, -0.2) is 4.68 Å². The number of hydrogen-bond acceptors (Lipinski definition) is 2. The van der Waals surface area contributed by atoms with Gasteiger partial charge in [0.05, 0.1) is 28.2 Å². The summed E-state index contributed by atoms with van der Waals surface area (Å²) in [5.41, 5.74) is -2.33. The lowest BCUT2D eigenvalue weighted by Gasteiger charge is -2.14. The molecule has 0 saturated heterocycles. The van der Waals surface area contributed by atoms with Gasteiger partial charge < -0.3 is 0 Å². The molecule has 2 rings (SSSR count). The number of benzene rings is 1. The van der Waals surface area contributed by atoms with Gasteiger partial charge in [0.15, 0.2) is 0 Å². The lowest BCUT2D eigenvalue weighted by molar-refractivity contribution is -0.143. The Bertz CT molecular complexity index is 636. The average Bonchev–Trinajstić information content (AvgIpc) is 2.67. The summed E-state index contributed by atoms with van der Waals surface area (Å²) >= 11 is 0. The highest BCUT2D eigenvalue weighted by molar-refractivity contribution is 5.43. The van der Waals surface area contributed by atoms with Crippen molar-refractivity contribution in [3.05, 3.63) is 40.7 Å². The van der Waals surface area contributed by atoms with Crippen molar-refractivity contribution >= 4 is 0 Å². The second-order valence-corrected chi connectivity index (χ2v) is 4.44. The van der Waals surface area contributed by atoms with Crippen molar-refractivity contribution in [2.24, 2.45) is 0 Å². The number of nitrogens with zero attached hydrogens (tertiary/aromatic N) is 3. The lowest BCUT2D eigenvalue weighted by Crippen LogP contribution is -2.13. The molecule has 21 heavy (non-hydrogen) atoms. The largest absolute Gasteiger partial charge is 0.416 e. The maximum Gasteiger partial charge on any atom is 0.416 e. The topological polar surface area (TPSA) is 30.7 Å². The predicted octanol–water partition coefficient (Wildman–Crippen LogP) is 3.92. The Labute approximate surface area is 115 Å². The Morgan fingerprint density at radius 2 is 1.33 bits per heavy atom. The zero-order valence-corrected chi connectivity index (χ0v) is 10.8. The Kier molecular flexibility index (Phi) is 3.46. The molecule has 3 nitrogen and oxygen atoms in total. The Balaban J connectivity index is 2.69. The molecule has 0 radical (unpaired) electrons. The van der Waals surface area contributed by atoms with Crippen molar-refractivity contribution in [2.75, 3.05) is 0 Å². The molecule has 1 aromatic heterocycles. The third kappa shape index (κ3) is 3.01. The van der Waals surface area contributed by atoms with Crippen molar-refractivity contribution in [2.45, 2.75) is 26.2 Å². The first kappa shape index (κ1) is 15.3. The van der Waals surface area contributed by atoms with Gasteiger partial charge in [0.25, 0.3) is 0 Å². The highest BCUT2D eigenvalue weighted by Gasteiger charge is 2.37. The van der Waals surface area contributed by atoms with E-state index in [1.807, 2.05) is 0 Å². The summed E-state index contributed by atoms with van der Waals surface area (Å²) in [6.45, 7) is 3.06. The average molecular weight is 309 g/mol. The molecule has 0 fully saturated rings. The Morgan fingerprint density at radius 1 is 0.857 bits per heavy atom. The fourth-order valence-corrected chi connectivity index (χ4v) is 1.71. The molecule has 0 aliphatic heterocycles. The van der Waals surface area contributed by atoms with Crippen LogP contribution < -0.4 is 0 Å². The van der Waals surface area contributed by atoms with Gasteiger partial charge in [0.2, 0.25) is 0 Å². The molecule has 2 aromatic rings. The van der Waals surface area contributed by atoms with E-state index in [-0.39, 0.29) is 11.8 Å². The highest BCUT2D eigenvalue weighted by Crippen LogP contribution is 2.37. The number of aryl methyl sites for hydroxylation is 1. The molecule has 0 spiro atoms. The maximum atomic E-state index is 12.7. The quantitative estimate of drug-likeness (QED) is 0.748. The van der Waals surface area contributed by atoms with E-state index in [2.05, 4.69) is 10.3 Å². The van der Waals surface area contributed by atoms with E-state index in [1.54, 1.807) is 6.92 Å². The standard InChI is InChI=1S/C12H9F6N3/c1-6-7(2)21(20-19-6)10-4-8(11(13,14)15)3-9(5-10)12(16,17)18/h3-5H,1-2H3. The second-order valence-electron chi connectivity index (χ2n) is 4.44. The van der Waals surface area contributed by atoms with Gasteiger partial charge in [-0.2, -0.15) is 26.3 Å². The van der Waals surface area contributed by atoms with E-state index in [9.17, 15) is 26.3 Å². The second kappa shape index (κ2) is 4.74. The lowest BCUT2D eigenvalue weighted by atomic mass is 10.1. The first-order valence-electron chi connectivity index (χ1n) is 5.69. The van der Waals surface area contributed by atoms with Gasteiger partial charge in [-0.05, 0) is 32.0 Å². The fourth-order valence-electron chi connectivity index (χ4n) is 1.71. The molecule has 0 unspecified atom stereocenters. The minimum Gasteiger partial charge on any atom is -0.218 e. The van der Waals surface area contributed by atoms with Crippen LogP contribution in [0, 0.1) is 13.8 Å². The number of alkyl halides is 6. The van der Waals surface area contributed by atoms with Crippen LogP contribution in [0.25, 0.3) is 5.69 Å². The van der Waals surface area contributed by atoms with Crippen molar-refractivity contribution in [1.82, 2.24) is 15.0 Å². The molecular weight excluding hydrogens is 300 g/mol. The van der Waals surface area contributed by atoms with Crippen molar-refractivity contribution in [3.8, 4) is 5.69 Å². The molecule has 0 amide bonds. The van der Waals surface area contributed by atoms with Crippen LogP contribution in [0.1, 0.15) is 22.5 Å². The van der Waals surface area contributed by atoms with Gasteiger partial charge in [-0.1, -0.05) is 5.21 Å². The molecular formula is C12H9F6N3. The number of hydrogen-bond donors (Lipinski definition) is 0. The third-order valence-corrected chi connectivity index (χ3v) is 2.94. The zero-order valence-electron chi connectivity index (χ0n) is 10.8. The van der Waals surface area contributed by atoms with Crippen LogP contribution in [-0.4, -0.2) is 15.0 Å². The van der Waals surface area contributed by atoms with Gasteiger partial charge in [-0.15, -0.1) is 5.10 Å². The van der Waals surface area contributed by atoms with Gasteiger partial charge in [0.1, 0.15) is 0 Å². The summed E-state index contributed by atoms with van der Waals surface area (Å²) < 4.78 is 77.4. The fraction of sp³-hybridized carbons (Fsp3) is 0.333. The molecule has 1 heterocycles. The smallest absolute Gasteiger partial charge is 0.218 e. The van der Waals surface area contributed by atoms with Gasteiger partial charge in [-0.3, -0.25) is 0 Å². The summed E-state index contributed by atoms with van der Waals surface area (Å²) in [5, 5.41) is 7.19. The minimum atomic E-state index is -4.89. The number of halogens is 6. The van der Waals surface area contributed by atoms with E-state index >= 15 is 0 Å². The Hall–Kier alpha value is -2.06. The molecule has 0 saturated carbocycles. The first-order valence-corrected chi connectivity index (χ1v) is 5.69. The van der Waals surface area contributed by atoms with Crippen LogP contribution >= 0.6 is 0 Å². The third-order valence-electron chi connectivity index (χ3n) is 2.94. The summed E-state index contributed by atoms with van der Waals surface area (Å²) in [6.07, 6.45) is -9.78. The van der Waals surface area contributed by atoms with Crippen LogP contribution in [0.5, 0.6) is 0 Å². The first-order chi connectivity index (χ1) is 9.50. The van der Waals surface area contributed by atoms with Gasteiger partial charge in [0, 0.05) is 0 Å². The summed E-state index contributed by atoms with van der Waals surface area (Å²) in [5.74, 6) is 0. The molecule has 0 bridgehead atoms. The number of rotatable bonds is 1. The van der Waals surface area contributed by atoms with E-state index in [1.165, 1.54) is 6.92 Å². The predicted molar refractivity (Wildman–Crippen MR) is 60.8 cm³/mol. The van der Waals surface area contributed by atoms with Crippen molar-refractivity contribution in [3.63, 3.8) is 0 Å². The zero-order chi connectivity index (χ0) is 16.0. The minimum absolute atomic E-state index is 0.0720. The van der Waals surface area contributed by atoms with Crippen LogP contribution in [0.4, 0.5) is 26.3 Å². The van der Waals surface area contributed by atoms with E-state index in [4.69, 9.17) is 0 Å². The van der Waals surface area contributed by atoms with E-state index in [0.717, 1.165) is 4.68 Å². The monoisotopic (exact) mass is 309 g/mol. The SMILES string of the molecule is Cc1nnn(-c2cc(C(F)(F)F)cc(C(F)(F)F)c2)c1C. The molecule has 9 heteroatoms. The molecule has 0 N–H and O–H groups in total. The molecule has 0 aliphatic rings. The van der Waals surface area contributed by atoms with Crippen LogP contribution in [0.3, 0.4) is 0 Å². The van der Waals surface area contributed by atoms with E-state index in [0.29, 0.717) is 23.5 Å². The maximum absolute atomic E-state index is 12.7. The summed E-state index contributed by atoms with van der Waals surface area (Å²) in [4.78, 5) is 0. The molecule has 1 aromatic carbocycles. The van der Waals surface area contributed by atoms with Crippen molar-refractivity contribution in [1.29, 1.82) is 0 Å². The van der Waals surface area contributed by atoms with Crippen LogP contribution in [0.2, 0.25) is 0 Å². The normalized spacial score (nSPS) is 12.8. The van der Waals surface area contributed by atoms with Gasteiger partial charge >= 0.3 is 12.4 Å². The summed E-state index contributed by atoms with van der Waals surface area (Å²) in [6, 6.07) is 1.29. The van der Waals surface area contributed by atoms with Crippen LogP contribution in [0.15, 0.2) is 18.2 Å².